The van der Waals surface area contributed by atoms with Crippen LogP contribution in [0, 0.1) is 11.3 Å². The molecule has 3 nitrogen and oxygen atoms in total. The Kier molecular flexibility index (Phi) is 5.53. The van der Waals surface area contributed by atoms with Crippen LogP contribution in [0.1, 0.15) is 52.5 Å². The van der Waals surface area contributed by atoms with E-state index in [4.69, 9.17) is 0 Å². The zero-order valence-electron chi connectivity index (χ0n) is 15.1. The zero-order chi connectivity index (χ0) is 17.9. The number of phenolic OH excluding ortho intramolecular Hbond substituents is 2. The van der Waals surface area contributed by atoms with Crippen molar-refractivity contribution in [3.63, 3.8) is 0 Å². The lowest BCUT2D eigenvalue weighted by atomic mass is 9.66. The predicted molar refractivity (Wildman–Crippen MR) is 97.1 cm³/mol. The molecule has 0 heterocycles. The van der Waals surface area contributed by atoms with Crippen molar-refractivity contribution in [3.05, 3.63) is 47.1 Å². The summed E-state index contributed by atoms with van der Waals surface area (Å²) in [5, 5.41) is 19.3. The fourth-order valence-corrected chi connectivity index (χ4v) is 3.71. The molecule has 0 bridgehead atoms. The van der Waals surface area contributed by atoms with Crippen LogP contribution < -0.4 is 0 Å². The predicted octanol–water partition coefficient (Wildman–Crippen LogP) is 4.93. The van der Waals surface area contributed by atoms with E-state index in [-0.39, 0.29) is 22.7 Å². The molecule has 1 aliphatic carbocycles. The molecule has 0 fully saturated rings. The third kappa shape index (κ3) is 4.50. The van der Waals surface area contributed by atoms with E-state index in [1.165, 1.54) is 23.3 Å². The molecule has 0 amide bonds. The van der Waals surface area contributed by atoms with Crippen molar-refractivity contribution < 1.29 is 15.0 Å². The standard InChI is InChI=1S/C21H28O3/c1-14(5-7-16-12-17(22)8-10-20(16)24)6-9-19-15(2)11-18(23)13-21(19,3)4/h5,8,10-12,19,22,24H,6-7,9,13H2,1-4H3/t19-/m0/s1. The van der Waals surface area contributed by atoms with E-state index < -0.39 is 0 Å². The number of carbonyl (C=O) groups excluding carboxylic acids is 1. The van der Waals surface area contributed by atoms with Crippen molar-refractivity contribution >= 4 is 5.78 Å². The maximum absolute atomic E-state index is 11.8. The molecule has 24 heavy (non-hydrogen) atoms. The monoisotopic (exact) mass is 328 g/mol. The molecule has 0 saturated carbocycles. The Morgan fingerprint density at radius 1 is 1.33 bits per heavy atom. The molecule has 1 atom stereocenters. The molecule has 0 saturated heterocycles. The van der Waals surface area contributed by atoms with Crippen LogP contribution in [0.15, 0.2) is 41.5 Å². The number of hydrogen-bond donors (Lipinski definition) is 2. The van der Waals surface area contributed by atoms with Crippen molar-refractivity contribution in [3.8, 4) is 11.5 Å². The van der Waals surface area contributed by atoms with Gasteiger partial charge in [-0.1, -0.05) is 31.1 Å². The van der Waals surface area contributed by atoms with Crippen LogP contribution in [0.2, 0.25) is 0 Å². The fraction of sp³-hybridized carbons (Fsp3) is 0.476. The van der Waals surface area contributed by atoms with Crippen LogP contribution in [-0.4, -0.2) is 16.0 Å². The minimum Gasteiger partial charge on any atom is -0.508 e. The maximum atomic E-state index is 11.8. The van der Waals surface area contributed by atoms with Crippen LogP contribution in [0.3, 0.4) is 0 Å². The van der Waals surface area contributed by atoms with Gasteiger partial charge in [-0.2, -0.15) is 0 Å². The molecule has 130 valence electrons. The highest BCUT2D eigenvalue weighted by Gasteiger charge is 2.35. The van der Waals surface area contributed by atoms with Gasteiger partial charge >= 0.3 is 0 Å². The lowest BCUT2D eigenvalue weighted by Gasteiger charge is -2.38. The number of aromatic hydroxyl groups is 2. The second-order valence-corrected chi connectivity index (χ2v) is 7.68. The van der Waals surface area contributed by atoms with E-state index in [9.17, 15) is 15.0 Å². The Labute approximate surface area is 144 Å². The van der Waals surface area contributed by atoms with E-state index in [0.29, 0.717) is 18.8 Å². The van der Waals surface area contributed by atoms with Crippen molar-refractivity contribution in [1.29, 1.82) is 0 Å². The molecule has 1 aromatic carbocycles. The van der Waals surface area contributed by atoms with Gasteiger partial charge in [-0.3, -0.25) is 4.79 Å². The minimum absolute atomic E-state index is 0.0136. The first-order chi connectivity index (χ1) is 11.2. The molecule has 2 N–H and O–H groups in total. The Hall–Kier alpha value is -2.03. The van der Waals surface area contributed by atoms with Gasteiger partial charge in [-0.25, -0.2) is 0 Å². The molecule has 1 aliphatic rings. The highest BCUT2D eigenvalue weighted by atomic mass is 16.3. The highest BCUT2D eigenvalue weighted by Crippen LogP contribution is 2.42. The molecular weight excluding hydrogens is 300 g/mol. The quantitative estimate of drug-likeness (QED) is 0.595. The minimum atomic E-state index is 0.0136. The molecular formula is C21H28O3. The first-order valence-corrected chi connectivity index (χ1v) is 8.56. The van der Waals surface area contributed by atoms with Gasteiger partial charge in [-0.05, 0) is 68.7 Å². The van der Waals surface area contributed by atoms with Crippen molar-refractivity contribution in [2.75, 3.05) is 0 Å². The molecule has 0 aliphatic heterocycles. The lowest BCUT2D eigenvalue weighted by molar-refractivity contribution is -0.117. The Balaban J connectivity index is 1.99. The molecule has 0 unspecified atom stereocenters. The van der Waals surface area contributed by atoms with Crippen LogP contribution >= 0.6 is 0 Å². The van der Waals surface area contributed by atoms with Gasteiger partial charge in [0.25, 0.3) is 0 Å². The van der Waals surface area contributed by atoms with Gasteiger partial charge < -0.3 is 10.2 Å². The average Bonchev–Trinajstić information content (AvgIpc) is 2.46. The summed E-state index contributed by atoms with van der Waals surface area (Å²) in [6, 6.07) is 4.60. The lowest BCUT2D eigenvalue weighted by Crippen LogP contribution is -2.31. The van der Waals surface area contributed by atoms with Gasteiger partial charge in [-0.15, -0.1) is 0 Å². The van der Waals surface area contributed by atoms with Gasteiger partial charge in [0.2, 0.25) is 0 Å². The fourth-order valence-electron chi connectivity index (χ4n) is 3.71. The van der Waals surface area contributed by atoms with Crippen LogP contribution in [-0.2, 0) is 11.2 Å². The van der Waals surface area contributed by atoms with Crippen LogP contribution in [0.5, 0.6) is 11.5 Å². The van der Waals surface area contributed by atoms with Crippen molar-refractivity contribution in [1.82, 2.24) is 0 Å². The second-order valence-electron chi connectivity index (χ2n) is 7.68. The molecule has 1 aromatic rings. The molecule has 3 heteroatoms. The van der Waals surface area contributed by atoms with Crippen LogP contribution in [0.4, 0.5) is 0 Å². The number of rotatable bonds is 5. The van der Waals surface area contributed by atoms with Crippen molar-refractivity contribution in [2.24, 2.45) is 11.3 Å². The number of allylic oxidation sites excluding steroid dienone is 4. The summed E-state index contributed by atoms with van der Waals surface area (Å²) in [5.74, 6) is 1.04. The summed E-state index contributed by atoms with van der Waals surface area (Å²) in [7, 11) is 0. The zero-order valence-corrected chi connectivity index (χ0v) is 15.1. The van der Waals surface area contributed by atoms with Gasteiger partial charge in [0, 0.05) is 12.0 Å². The number of phenols is 2. The third-order valence-electron chi connectivity index (χ3n) is 5.07. The maximum Gasteiger partial charge on any atom is 0.156 e. The van der Waals surface area contributed by atoms with E-state index >= 15 is 0 Å². The number of ketones is 1. The van der Waals surface area contributed by atoms with E-state index in [1.807, 2.05) is 0 Å². The topological polar surface area (TPSA) is 57.5 Å². The number of hydrogen-bond acceptors (Lipinski definition) is 3. The van der Waals surface area contributed by atoms with E-state index in [2.05, 4.69) is 33.8 Å². The number of carbonyl (C=O) groups is 1. The Bertz CT molecular complexity index is 680. The summed E-state index contributed by atoms with van der Waals surface area (Å²) >= 11 is 0. The molecule has 0 radical (unpaired) electrons. The first kappa shape index (κ1) is 18.3. The van der Waals surface area contributed by atoms with E-state index in [1.54, 1.807) is 12.1 Å². The summed E-state index contributed by atoms with van der Waals surface area (Å²) in [6.07, 6.45) is 7.13. The van der Waals surface area contributed by atoms with Crippen molar-refractivity contribution in [2.45, 2.75) is 53.4 Å². The summed E-state index contributed by atoms with van der Waals surface area (Å²) < 4.78 is 0. The van der Waals surface area contributed by atoms with Gasteiger partial charge in [0.15, 0.2) is 5.78 Å². The van der Waals surface area contributed by atoms with Crippen LogP contribution in [0.25, 0.3) is 0 Å². The number of benzene rings is 1. The van der Waals surface area contributed by atoms with E-state index in [0.717, 1.165) is 18.4 Å². The summed E-state index contributed by atoms with van der Waals surface area (Å²) in [4.78, 5) is 11.8. The second kappa shape index (κ2) is 7.25. The highest BCUT2D eigenvalue weighted by molar-refractivity contribution is 5.91. The molecule has 0 spiro atoms. The smallest absolute Gasteiger partial charge is 0.156 e. The Morgan fingerprint density at radius 2 is 2.04 bits per heavy atom. The van der Waals surface area contributed by atoms with Gasteiger partial charge in [0.1, 0.15) is 11.5 Å². The average molecular weight is 328 g/mol. The Morgan fingerprint density at radius 3 is 2.71 bits per heavy atom. The normalized spacial score (nSPS) is 20.8. The third-order valence-corrected chi connectivity index (χ3v) is 5.07. The summed E-state index contributed by atoms with van der Waals surface area (Å²) in [5.41, 5.74) is 3.20. The molecule has 2 rings (SSSR count). The first-order valence-electron chi connectivity index (χ1n) is 8.56. The SMILES string of the molecule is CC(=CCc1cc(O)ccc1O)CC[C@H]1C(C)=CC(=O)CC1(C)C. The molecule has 0 aromatic heterocycles. The summed E-state index contributed by atoms with van der Waals surface area (Å²) in [6.45, 7) is 8.51. The van der Waals surface area contributed by atoms with Gasteiger partial charge in [0.05, 0.1) is 0 Å². The largest absolute Gasteiger partial charge is 0.508 e.